The molecule has 3 rings (SSSR count). The van der Waals surface area contributed by atoms with E-state index in [1.165, 1.54) is 12.1 Å². The van der Waals surface area contributed by atoms with Gasteiger partial charge in [-0.3, -0.25) is 15.0 Å². The lowest BCUT2D eigenvalue weighted by Gasteiger charge is -2.40. The molecule has 2 aromatic rings. The predicted octanol–water partition coefficient (Wildman–Crippen LogP) is 2.53. The maximum absolute atomic E-state index is 11.0. The molecule has 27 heavy (non-hydrogen) atoms. The summed E-state index contributed by atoms with van der Waals surface area (Å²) < 4.78 is 7.70. The van der Waals surface area contributed by atoms with Crippen molar-refractivity contribution in [2.45, 2.75) is 58.4 Å². The molecule has 0 bridgehead atoms. The molecule has 1 aromatic carbocycles. The van der Waals surface area contributed by atoms with Crippen LogP contribution in [0, 0.1) is 10.1 Å². The summed E-state index contributed by atoms with van der Waals surface area (Å²) in [5, 5.41) is 23.5. The van der Waals surface area contributed by atoms with Crippen LogP contribution in [-0.4, -0.2) is 55.3 Å². The second-order valence-corrected chi connectivity index (χ2v) is 8.08. The summed E-state index contributed by atoms with van der Waals surface area (Å²) in [6.45, 7) is 11.7. The fraction of sp³-hybridized carbons (Fsp3) is 0.611. The molecule has 0 N–H and O–H groups in total. The number of aromatic nitrogens is 4. The number of morpholine rings is 1. The van der Waals surface area contributed by atoms with Gasteiger partial charge in [0, 0.05) is 25.2 Å². The normalized spacial score (nSPS) is 22.6. The average molecular weight is 374 g/mol. The van der Waals surface area contributed by atoms with Gasteiger partial charge in [0.05, 0.1) is 28.7 Å². The Morgan fingerprint density at radius 3 is 2.30 bits per heavy atom. The van der Waals surface area contributed by atoms with Crippen LogP contribution in [0.15, 0.2) is 24.3 Å². The van der Waals surface area contributed by atoms with Crippen molar-refractivity contribution >= 4 is 5.69 Å². The van der Waals surface area contributed by atoms with Crippen LogP contribution in [0.4, 0.5) is 5.69 Å². The molecular formula is C18H26N6O3. The largest absolute Gasteiger partial charge is 0.373 e. The number of non-ortho nitro benzene ring substituents is 1. The summed E-state index contributed by atoms with van der Waals surface area (Å²) in [5.74, 6) is 0.720. The molecule has 9 nitrogen and oxygen atoms in total. The van der Waals surface area contributed by atoms with Gasteiger partial charge in [0.2, 0.25) is 0 Å². The van der Waals surface area contributed by atoms with Gasteiger partial charge in [-0.05, 0) is 50.6 Å². The molecule has 9 heteroatoms. The Labute approximate surface area is 158 Å². The number of hydrogen-bond acceptors (Lipinski definition) is 7. The zero-order valence-electron chi connectivity index (χ0n) is 16.4. The van der Waals surface area contributed by atoms with Crippen LogP contribution in [0.3, 0.4) is 0 Å². The van der Waals surface area contributed by atoms with Gasteiger partial charge in [0.1, 0.15) is 0 Å². The highest BCUT2D eigenvalue weighted by molar-refractivity contribution is 5.36. The first-order valence-electron chi connectivity index (χ1n) is 9.09. The molecule has 1 saturated heterocycles. The summed E-state index contributed by atoms with van der Waals surface area (Å²) >= 11 is 0. The lowest BCUT2D eigenvalue weighted by Crippen LogP contribution is -2.48. The van der Waals surface area contributed by atoms with Crippen molar-refractivity contribution < 1.29 is 9.66 Å². The monoisotopic (exact) mass is 374 g/mol. The van der Waals surface area contributed by atoms with E-state index >= 15 is 0 Å². The predicted molar refractivity (Wildman–Crippen MR) is 99.3 cm³/mol. The molecule has 1 aliphatic rings. The van der Waals surface area contributed by atoms with Gasteiger partial charge in [0.15, 0.2) is 5.82 Å². The number of nitro benzene ring substituents is 1. The van der Waals surface area contributed by atoms with E-state index in [0.717, 1.165) is 24.5 Å². The second kappa shape index (κ2) is 7.32. The quantitative estimate of drug-likeness (QED) is 0.599. The van der Waals surface area contributed by atoms with Crippen molar-refractivity contribution in [2.75, 3.05) is 13.1 Å². The van der Waals surface area contributed by atoms with Gasteiger partial charge < -0.3 is 4.74 Å². The maximum atomic E-state index is 11.0. The van der Waals surface area contributed by atoms with E-state index in [9.17, 15) is 10.1 Å². The average Bonchev–Trinajstić information content (AvgIpc) is 3.04. The third-order valence-electron chi connectivity index (χ3n) is 4.61. The Kier molecular flexibility index (Phi) is 5.25. The van der Waals surface area contributed by atoms with Crippen molar-refractivity contribution in [1.82, 2.24) is 25.1 Å². The van der Waals surface area contributed by atoms with Crippen molar-refractivity contribution in [3.63, 3.8) is 0 Å². The number of rotatable bonds is 4. The van der Waals surface area contributed by atoms with Crippen molar-refractivity contribution in [3.8, 4) is 0 Å². The minimum atomic E-state index is -0.392. The summed E-state index contributed by atoms with van der Waals surface area (Å²) in [6.07, 6.45) is 0.154. The summed E-state index contributed by atoms with van der Waals surface area (Å²) in [6, 6.07) is 6.42. The van der Waals surface area contributed by atoms with E-state index in [4.69, 9.17) is 4.74 Å². The van der Waals surface area contributed by atoms with Crippen LogP contribution >= 0.6 is 0 Å². The molecule has 0 radical (unpaired) electrons. The number of hydrogen-bond donors (Lipinski definition) is 0. The smallest absolute Gasteiger partial charge is 0.269 e. The fourth-order valence-electron chi connectivity index (χ4n) is 3.57. The Morgan fingerprint density at radius 1 is 1.19 bits per heavy atom. The second-order valence-electron chi connectivity index (χ2n) is 8.08. The minimum Gasteiger partial charge on any atom is -0.373 e. The van der Waals surface area contributed by atoms with Crippen LogP contribution in [0.1, 0.15) is 52.0 Å². The highest BCUT2D eigenvalue weighted by atomic mass is 16.6. The van der Waals surface area contributed by atoms with Crippen molar-refractivity contribution in [1.29, 1.82) is 0 Å². The zero-order valence-corrected chi connectivity index (χ0v) is 16.4. The van der Waals surface area contributed by atoms with E-state index in [1.807, 2.05) is 39.3 Å². The molecule has 2 heterocycles. The molecule has 146 valence electrons. The first kappa shape index (κ1) is 19.4. The third kappa shape index (κ3) is 4.14. The molecule has 0 saturated carbocycles. The van der Waals surface area contributed by atoms with E-state index in [-0.39, 0.29) is 29.5 Å². The van der Waals surface area contributed by atoms with Crippen LogP contribution < -0.4 is 0 Å². The highest BCUT2D eigenvalue weighted by Gasteiger charge is 2.35. The zero-order chi connectivity index (χ0) is 19.8. The van der Waals surface area contributed by atoms with Crippen LogP contribution in [0.25, 0.3) is 0 Å². The number of ether oxygens (including phenoxy) is 1. The first-order valence-corrected chi connectivity index (χ1v) is 9.09. The van der Waals surface area contributed by atoms with Crippen molar-refractivity contribution in [3.05, 3.63) is 45.8 Å². The van der Waals surface area contributed by atoms with E-state index in [0.29, 0.717) is 0 Å². The third-order valence-corrected chi connectivity index (χ3v) is 4.61. The van der Waals surface area contributed by atoms with E-state index in [2.05, 4.69) is 20.4 Å². The van der Waals surface area contributed by atoms with Crippen LogP contribution in [-0.2, 0) is 10.3 Å². The number of nitro groups is 1. The Hall–Kier alpha value is -2.39. The van der Waals surface area contributed by atoms with Gasteiger partial charge in [0.25, 0.3) is 5.69 Å². The van der Waals surface area contributed by atoms with Gasteiger partial charge in [-0.1, -0.05) is 12.1 Å². The van der Waals surface area contributed by atoms with Gasteiger partial charge >= 0.3 is 0 Å². The number of benzene rings is 1. The highest BCUT2D eigenvalue weighted by Crippen LogP contribution is 2.32. The topological polar surface area (TPSA) is 99.2 Å². The molecule has 1 fully saturated rings. The van der Waals surface area contributed by atoms with Gasteiger partial charge in [-0.2, -0.15) is 0 Å². The Bertz CT molecular complexity index is 788. The molecule has 0 aliphatic carbocycles. The van der Waals surface area contributed by atoms with E-state index in [1.54, 1.807) is 12.1 Å². The Balaban J connectivity index is 2.07. The molecule has 1 aromatic heterocycles. The van der Waals surface area contributed by atoms with Crippen molar-refractivity contribution in [2.24, 2.45) is 0 Å². The summed E-state index contributed by atoms with van der Waals surface area (Å²) in [7, 11) is 0. The molecule has 0 amide bonds. The lowest BCUT2D eigenvalue weighted by molar-refractivity contribution is -0.384. The van der Waals surface area contributed by atoms with Gasteiger partial charge in [-0.15, -0.1) is 5.10 Å². The minimum absolute atomic E-state index is 0.0663. The number of tetrazole rings is 1. The lowest BCUT2D eigenvalue weighted by atomic mass is 10.0. The first-order chi connectivity index (χ1) is 12.7. The van der Waals surface area contributed by atoms with Gasteiger partial charge in [-0.25, -0.2) is 4.68 Å². The fourth-order valence-corrected chi connectivity index (χ4v) is 3.57. The molecule has 1 aliphatic heterocycles. The van der Waals surface area contributed by atoms with E-state index < -0.39 is 4.92 Å². The summed E-state index contributed by atoms with van der Waals surface area (Å²) in [4.78, 5) is 12.9. The van der Waals surface area contributed by atoms with Crippen LogP contribution in [0.5, 0.6) is 0 Å². The van der Waals surface area contributed by atoms with Crippen LogP contribution in [0.2, 0.25) is 0 Å². The molecule has 3 unspecified atom stereocenters. The molecule has 0 spiro atoms. The SMILES string of the molecule is CC1CN(C(c2ccc([N+](=O)[O-])cc2)c2nnnn2C(C)(C)C)CC(C)O1. The maximum Gasteiger partial charge on any atom is 0.269 e. The standard InChI is InChI=1S/C18H26N6O3/c1-12-10-22(11-13(2)27-12)16(14-6-8-15(9-7-14)24(25)26)17-19-20-21-23(17)18(3,4)5/h6-9,12-13,16H,10-11H2,1-5H3. The number of nitrogens with zero attached hydrogens (tertiary/aromatic N) is 6. The molecular weight excluding hydrogens is 348 g/mol. The Morgan fingerprint density at radius 2 is 1.78 bits per heavy atom. The molecule has 3 atom stereocenters. The summed E-state index contributed by atoms with van der Waals surface area (Å²) in [5.41, 5.74) is 0.695.